The summed E-state index contributed by atoms with van der Waals surface area (Å²) in [6.07, 6.45) is 1.02. The number of phenolic OH excluding ortho intramolecular Hbond substituents is 2. The number of carbonyl (C=O) groups is 2. The highest BCUT2D eigenvalue weighted by molar-refractivity contribution is 6.24. The Morgan fingerprint density at radius 1 is 1.19 bits per heavy atom. The van der Waals surface area contributed by atoms with Gasteiger partial charge in [0.2, 0.25) is 5.78 Å². The van der Waals surface area contributed by atoms with Crippen molar-refractivity contribution >= 4 is 11.6 Å². The zero-order valence-corrected chi connectivity index (χ0v) is 8.35. The maximum absolute atomic E-state index is 11.7. The molecule has 0 heterocycles. The largest absolute Gasteiger partial charge is 0.508 e. The van der Waals surface area contributed by atoms with E-state index >= 15 is 0 Å². The van der Waals surface area contributed by atoms with Crippen molar-refractivity contribution in [2.75, 3.05) is 7.11 Å². The van der Waals surface area contributed by atoms with Crippen molar-refractivity contribution in [1.82, 2.24) is 0 Å². The van der Waals surface area contributed by atoms with Crippen molar-refractivity contribution in [3.05, 3.63) is 35.1 Å². The summed E-state index contributed by atoms with van der Waals surface area (Å²) in [5.74, 6) is -1.87. The van der Waals surface area contributed by atoms with E-state index in [1.165, 1.54) is 7.11 Å². The smallest absolute Gasteiger partial charge is 0.228 e. The molecule has 0 saturated heterocycles. The number of benzene rings is 1. The van der Waals surface area contributed by atoms with Crippen LogP contribution < -0.4 is 0 Å². The van der Waals surface area contributed by atoms with Crippen molar-refractivity contribution in [2.45, 2.75) is 0 Å². The van der Waals surface area contributed by atoms with Crippen LogP contribution in [0.15, 0.2) is 24.0 Å². The summed E-state index contributed by atoms with van der Waals surface area (Å²) in [4.78, 5) is 23.3. The number of hydrogen-bond donors (Lipinski definition) is 2. The maximum Gasteiger partial charge on any atom is 0.228 e. The second kappa shape index (κ2) is 3.37. The molecule has 2 N–H and O–H groups in total. The van der Waals surface area contributed by atoms with Gasteiger partial charge in [-0.3, -0.25) is 9.59 Å². The van der Waals surface area contributed by atoms with Crippen molar-refractivity contribution in [3.8, 4) is 11.5 Å². The van der Waals surface area contributed by atoms with Gasteiger partial charge in [-0.25, -0.2) is 0 Å². The van der Waals surface area contributed by atoms with Crippen LogP contribution in [0.4, 0.5) is 0 Å². The van der Waals surface area contributed by atoms with Crippen LogP contribution in [0, 0.1) is 0 Å². The first-order chi connectivity index (χ1) is 7.54. The molecule has 1 aromatic rings. The van der Waals surface area contributed by atoms with Gasteiger partial charge in [0.25, 0.3) is 0 Å². The van der Waals surface area contributed by atoms with Crippen LogP contribution >= 0.6 is 0 Å². The van der Waals surface area contributed by atoms with Gasteiger partial charge in [-0.1, -0.05) is 0 Å². The quantitative estimate of drug-likeness (QED) is 0.737. The molecule has 5 heteroatoms. The third kappa shape index (κ3) is 1.33. The Hall–Kier alpha value is -2.30. The van der Waals surface area contributed by atoms with Gasteiger partial charge in [0.05, 0.1) is 12.7 Å². The monoisotopic (exact) mass is 220 g/mol. The number of phenols is 2. The molecule has 5 nitrogen and oxygen atoms in total. The molecule has 0 unspecified atom stereocenters. The van der Waals surface area contributed by atoms with Crippen LogP contribution in [0.2, 0.25) is 0 Å². The predicted molar refractivity (Wildman–Crippen MR) is 53.5 cm³/mol. The van der Waals surface area contributed by atoms with E-state index in [4.69, 9.17) is 4.74 Å². The molecule has 0 aliphatic heterocycles. The number of rotatable bonds is 1. The molecule has 0 saturated carbocycles. The zero-order valence-electron chi connectivity index (χ0n) is 8.35. The van der Waals surface area contributed by atoms with Crippen molar-refractivity contribution in [2.24, 2.45) is 0 Å². The molecule has 0 amide bonds. The Kier molecular flexibility index (Phi) is 2.16. The highest BCUT2D eigenvalue weighted by atomic mass is 16.5. The fourth-order valence-corrected chi connectivity index (χ4v) is 1.59. The highest BCUT2D eigenvalue weighted by Crippen LogP contribution is 2.32. The summed E-state index contributed by atoms with van der Waals surface area (Å²) in [5, 5.41) is 18.7. The van der Waals surface area contributed by atoms with Crippen LogP contribution in [0.25, 0.3) is 0 Å². The highest BCUT2D eigenvalue weighted by Gasteiger charge is 2.29. The van der Waals surface area contributed by atoms with Crippen LogP contribution in [0.3, 0.4) is 0 Å². The lowest BCUT2D eigenvalue weighted by Gasteiger charge is -2.15. The SMILES string of the molecule is COC1=CC(=O)c2c(O)cc(O)cc2C1=O. The van der Waals surface area contributed by atoms with Gasteiger partial charge in [0.15, 0.2) is 11.5 Å². The lowest BCUT2D eigenvalue weighted by molar-refractivity contribution is 0.0914. The summed E-state index contributed by atoms with van der Waals surface area (Å²) >= 11 is 0. The third-order valence-electron chi connectivity index (χ3n) is 2.30. The molecule has 1 aliphatic rings. The van der Waals surface area contributed by atoms with E-state index in [9.17, 15) is 19.8 Å². The number of carbonyl (C=O) groups excluding carboxylic acids is 2. The molecule has 0 radical (unpaired) electrons. The van der Waals surface area contributed by atoms with Crippen molar-refractivity contribution in [1.29, 1.82) is 0 Å². The molecule has 0 aromatic heterocycles. The van der Waals surface area contributed by atoms with E-state index in [0.717, 1.165) is 18.2 Å². The summed E-state index contributed by atoms with van der Waals surface area (Å²) in [5.41, 5.74) is -0.162. The van der Waals surface area contributed by atoms with E-state index in [1.54, 1.807) is 0 Å². The van der Waals surface area contributed by atoms with Crippen LogP contribution in [-0.4, -0.2) is 28.9 Å². The Morgan fingerprint density at radius 3 is 2.50 bits per heavy atom. The van der Waals surface area contributed by atoms with Gasteiger partial charge in [-0.05, 0) is 6.07 Å². The Bertz CT molecular complexity index is 527. The van der Waals surface area contributed by atoms with Crippen LogP contribution in [0.5, 0.6) is 11.5 Å². The second-order valence-electron chi connectivity index (χ2n) is 3.29. The van der Waals surface area contributed by atoms with Crippen LogP contribution in [0.1, 0.15) is 20.7 Å². The molecule has 16 heavy (non-hydrogen) atoms. The standard InChI is InChI=1S/C11H8O5/c1-16-9-4-8(14)10-6(11(9)15)2-5(12)3-7(10)13/h2-4,12-13H,1H3. The Morgan fingerprint density at radius 2 is 1.88 bits per heavy atom. The normalized spacial score (nSPS) is 14.4. The molecule has 0 fully saturated rings. The van der Waals surface area contributed by atoms with Gasteiger partial charge in [0.1, 0.15) is 11.5 Å². The first kappa shape index (κ1) is 10.2. The van der Waals surface area contributed by atoms with Crippen molar-refractivity contribution in [3.63, 3.8) is 0 Å². The van der Waals surface area contributed by atoms with E-state index < -0.39 is 17.3 Å². The summed E-state index contributed by atoms with van der Waals surface area (Å²) < 4.78 is 4.74. The zero-order chi connectivity index (χ0) is 11.9. The molecule has 1 aliphatic carbocycles. The fraction of sp³-hybridized carbons (Fsp3) is 0.0909. The molecular formula is C11H8O5. The van der Waals surface area contributed by atoms with Gasteiger partial charge in [0, 0.05) is 17.7 Å². The fourth-order valence-electron chi connectivity index (χ4n) is 1.59. The second-order valence-corrected chi connectivity index (χ2v) is 3.29. The molecule has 0 bridgehead atoms. The third-order valence-corrected chi connectivity index (χ3v) is 2.30. The lowest BCUT2D eigenvalue weighted by atomic mass is 9.92. The first-order valence-electron chi connectivity index (χ1n) is 4.45. The number of allylic oxidation sites excluding steroid dienone is 2. The minimum atomic E-state index is -0.539. The lowest BCUT2D eigenvalue weighted by Crippen LogP contribution is -2.18. The number of fused-ring (bicyclic) bond motifs is 1. The number of methoxy groups -OCH3 is 1. The van der Waals surface area contributed by atoms with E-state index in [1.807, 2.05) is 0 Å². The van der Waals surface area contributed by atoms with Crippen LogP contribution in [-0.2, 0) is 4.74 Å². The van der Waals surface area contributed by atoms with E-state index in [2.05, 4.69) is 0 Å². The van der Waals surface area contributed by atoms with E-state index in [0.29, 0.717) is 0 Å². The topological polar surface area (TPSA) is 83.8 Å². The summed E-state index contributed by atoms with van der Waals surface area (Å²) in [6.45, 7) is 0. The number of ether oxygens (including phenoxy) is 1. The Labute approximate surface area is 90.6 Å². The average Bonchev–Trinajstić information content (AvgIpc) is 2.22. The van der Waals surface area contributed by atoms with Gasteiger partial charge in [-0.2, -0.15) is 0 Å². The molecule has 1 aromatic carbocycles. The average molecular weight is 220 g/mol. The first-order valence-corrected chi connectivity index (χ1v) is 4.45. The summed E-state index contributed by atoms with van der Waals surface area (Å²) in [7, 11) is 1.27. The van der Waals surface area contributed by atoms with Crippen molar-refractivity contribution < 1.29 is 24.5 Å². The minimum absolute atomic E-state index is 0.0538. The molecule has 0 spiro atoms. The minimum Gasteiger partial charge on any atom is -0.508 e. The van der Waals surface area contributed by atoms with Gasteiger partial charge < -0.3 is 14.9 Å². The van der Waals surface area contributed by atoms with Gasteiger partial charge >= 0.3 is 0 Å². The number of aromatic hydroxyl groups is 2. The summed E-state index contributed by atoms with van der Waals surface area (Å²) in [6, 6.07) is 2.14. The maximum atomic E-state index is 11.7. The number of hydrogen-bond acceptors (Lipinski definition) is 5. The van der Waals surface area contributed by atoms with E-state index in [-0.39, 0.29) is 22.6 Å². The Balaban J connectivity index is 2.71. The molecule has 0 atom stereocenters. The molecule has 82 valence electrons. The predicted octanol–water partition coefficient (Wildman–Crippen LogP) is 1.01. The number of ketones is 2. The number of Topliss-reactive ketones (excluding diaryl/α,β-unsaturated/α-hetero) is 1. The molecule has 2 rings (SSSR count). The van der Waals surface area contributed by atoms with Gasteiger partial charge in [-0.15, -0.1) is 0 Å². The molecular weight excluding hydrogens is 212 g/mol.